The zero-order valence-corrected chi connectivity index (χ0v) is 11.9. The predicted molar refractivity (Wildman–Crippen MR) is 77.5 cm³/mol. The second kappa shape index (κ2) is 5.82. The first-order chi connectivity index (χ1) is 10.6. The molecule has 1 aliphatic carbocycles. The number of azide groups is 1. The van der Waals surface area contributed by atoms with E-state index in [1.54, 1.807) is 4.68 Å². The third-order valence-electron chi connectivity index (χ3n) is 4.17. The molecule has 2 fully saturated rings. The fourth-order valence-electron chi connectivity index (χ4n) is 2.85. The molecular weight excluding hydrogens is 290 g/mol. The van der Waals surface area contributed by atoms with Crippen LogP contribution in [0.5, 0.6) is 0 Å². The van der Waals surface area contributed by atoms with E-state index < -0.39 is 17.1 Å². The number of nitrogens with zero attached hydrogens (tertiary/aromatic N) is 7. The molecule has 0 amide bonds. The van der Waals surface area contributed by atoms with E-state index in [9.17, 15) is 15.2 Å². The van der Waals surface area contributed by atoms with E-state index in [1.807, 2.05) is 4.90 Å². The molecule has 1 saturated carbocycles. The van der Waals surface area contributed by atoms with E-state index >= 15 is 0 Å². The fourth-order valence-corrected chi connectivity index (χ4v) is 2.85. The minimum atomic E-state index is -0.725. The Morgan fingerprint density at radius 1 is 1.41 bits per heavy atom. The van der Waals surface area contributed by atoms with Crippen LogP contribution in [0.1, 0.15) is 31.7 Å². The van der Waals surface area contributed by atoms with Crippen molar-refractivity contribution >= 4 is 11.5 Å². The Morgan fingerprint density at radius 2 is 2.14 bits per heavy atom. The molecule has 0 spiro atoms. The molecule has 22 heavy (non-hydrogen) atoms. The first-order valence-electron chi connectivity index (χ1n) is 7.31. The summed E-state index contributed by atoms with van der Waals surface area (Å²) < 4.78 is 1.72. The van der Waals surface area contributed by atoms with Crippen LogP contribution in [-0.4, -0.2) is 45.0 Å². The molecule has 10 nitrogen and oxygen atoms in total. The zero-order chi connectivity index (χ0) is 15.7. The Kier molecular flexibility index (Phi) is 3.86. The lowest BCUT2D eigenvalue weighted by Crippen LogP contribution is -2.28. The van der Waals surface area contributed by atoms with E-state index in [4.69, 9.17) is 5.53 Å². The Morgan fingerprint density at radius 3 is 2.77 bits per heavy atom. The molecule has 2 heterocycles. The Labute approximate surface area is 126 Å². The summed E-state index contributed by atoms with van der Waals surface area (Å²) in [4.78, 5) is 15.5. The van der Waals surface area contributed by atoms with Gasteiger partial charge in [-0.25, -0.2) is 4.68 Å². The minimum Gasteiger partial charge on any atom is -0.393 e. The first-order valence-corrected chi connectivity index (χ1v) is 7.31. The number of hydrogen-bond donors (Lipinski definition) is 1. The molecule has 118 valence electrons. The molecule has 2 aliphatic rings. The normalized spacial score (nSPS) is 25.4. The van der Waals surface area contributed by atoms with Gasteiger partial charge in [0.05, 0.1) is 23.1 Å². The maximum absolute atomic E-state index is 11.2. The molecule has 1 aromatic heterocycles. The van der Waals surface area contributed by atoms with E-state index in [1.165, 1.54) is 6.20 Å². The van der Waals surface area contributed by atoms with Crippen LogP contribution >= 0.6 is 0 Å². The molecule has 0 radical (unpaired) electrons. The van der Waals surface area contributed by atoms with Gasteiger partial charge in [0.25, 0.3) is 0 Å². The molecule has 0 bridgehead atoms. The Balaban J connectivity index is 1.88. The summed E-state index contributed by atoms with van der Waals surface area (Å²) in [6.45, 7) is 0.956. The van der Waals surface area contributed by atoms with Crippen molar-refractivity contribution in [3.05, 3.63) is 26.8 Å². The summed E-state index contributed by atoms with van der Waals surface area (Å²) in [6, 6.07) is -0.267. The number of hydrogen-bond acceptors (Lipinski definition) is 6. The van der Waals surface area contributed by atoms with Gasteiger partial charge in [-0.15, -0.1) is 0 Å². The number of anilines is 1. The third kappa shape index (κ3) is 2.70. The smallest absolute Gasteiger partial charge is 0.331 e. The maximum Gasteiger partial charge on any atom is 0.331 e. The molecule has 2 atom stereocenters. The van der Waals surface area contributed by atoms with Gasteiger partial charge < -0.3 is 10.0 Å². The highest BCUT2D eigenvalue weighted by Gasteiger charge is 2.35. The number of nitro groups is 1. The largest absolute Gasteiger partial charge is 0.393 e. The lowest BCUT2D eigenvalue weighted by Gasteiger charge is -2.22. The van der Waals surface area contributed by atoms with Crippen molar-refractivity contribution in [2.24, 2.45) is 5.11 Å². The van der Waals surface area contributed by atoms with Crippen LogP contribution in [0.3, 0.4) is 0 Å². The summed E-state index contributed by atoms with van der Waals surface area (Å²) in [7, 11) is 0. The molecule has 1 aromatic rings. The van der Waals surface area contributed by atoms with Crippen molar-refractivity contribution in [2.45, 2.75) is 43.9 Å². The molecule has 1 aliphatic heterocycles. The van der Waals surface area contributed by atoms with Gasteiger partial charge in [0.2, 0.25) is 5.82 Å². The second-order valence-corrected chi connectivity index (χ2v) is 5.69. The molecule has 1 saturated heterocycles. The van der Waals surface area contributed by atoms with Crippen molar-refractivity contribution in [3.8, 4) is 0 Å². The average molecular weight is 307 g/mol. The van der Waals surface area contributed by atoms with Crippen molar-refractivity contribution in [2.75, 3.05) is 18.0 Å². The van der Waals surface area contributed by atoms with Gasteiger partial charge in [-0.3, -0.25) is 10.1 Å². The lowest BCUT2D eigenvalue weighted by molar-refractivity contribution is -0.384. The second-order valence-electron chi connectivity index (χ2n) is 5.69. The first kappa shape index (κ1) is 14.6. The van der Waals surface area contributed by atoms with Crippen LogP contribution in [0.15, 0.2) is 11.3 Å². The van der Waals surface area contributed by atoms with E-state index in [0.717, 1.165) is 12.8 Å². The summed E-state index contributed by atoms with van der Waals surface area (Å²) >= 11 is 0. The predicted octanol–water partition coefficient (Wildman–Crippen LogP) is 1.77. The Hall–Kier alpha value is -2.32. The minimum absolute atomic E-state index is 0.0105. The highest BCUT2D eigenvalue weighted by molar-refractivity contribution is 5.58. The molecule has 2 unspecified atom stereocenters. The molecule has 0 aromatic carbocycles. The zero-order valence-electron chi connectivity index (χ0n) is 11.9. The van der Waals surface area contributed by atoms with Crippen molar-refractivity contribution < 1.29 is 10.0 Å². The van der Waals surface area contributed by atoms with Gasteiger partial charge >= 0.3 is 5.69 Å². The van der Waals surface area contributed by atoms with Crippen LogP contribution in [0.2, 0.25) is 0 Å². The van der Waals surface area contributed by atoms with Gasteiger partial charge in [0.15, 0.2) is 0 Å². The van der Waals surface area contributed by atoms with Crippen molar-refractivity contribution in [1.29, 1.82) is 0 Å². The summed E-state index contributed by atoms with van der Waals surface area (Å²) in [5.74, 6) is 0.501. The van der Waals surface area contributed by atoms with Gasteiger partial charge in [-0.1, -0.05) is 5.11 Å². The molecule has 10 heteroatoms. The highest BCUT2D eigenvalue weighted by Crippen LogP contribution is 2.41. The highest BCUT2D eigenvalue weighted by atomic mass is 16.6. The van der Waals surface area contributed by atoms with Crippen molar-refractivity contribution in [3.63, 3.8) is 0 Å². The molecule has 1 N–H and O–H groups in total. The van der Waals surface area contributed by atoms with Gasteiger partial charge in [-0.05, 0) is 31.2 Å². The maximum atomic E-state index is 11.2. The van der Waals surface area contributed by atoms with Crippen LogP contribution in [-0.2, 0) is 0 Å². The van der Waals surface area contributed by atoms with Crippen LogP contribution in [0.4, 0.5) is 11.5 Å². The third-order valence-corrected chi connectivity index (χ3v) is 4.17. The van der Waals surface area contributed by atoms with Crippen LogP contribution < -0.4 is 4.90 Å². The monoisotopic (exact) mass is 307 g/mol. The summed E-state index contributed by atoms with van der Waals surface area (Å²) in [5.41, 5.74) is 8.54. The lowest BCUT2D eigenvalue weighted by atomic mass is 10.1. The van der Waals surface area contributed by atoms with E-state index in [0.29, 0.717) is 31.7 Å². The molecular formula is C12H17N7O3. The van der Waals surface area contributed by atoms with E-state index in [2.05, 4.69) is 15.1 Å². The van der Waals surface area contributed by atoms with Crippen LogP contribution in [0.25, 0.3) is 10.4 Å². The number of rotatable bonds is 4. The standard InChI is InChI=1S/C12H17N7O3/c13-16-15-9-3-5-17(6-4-11(9)20)12-10(19(21)22)7-14-18(12)8-1-2-8/h7-9,11,20H,1-6H2. The quantitative estimate of drug-likeness (QED) is 0.297. The summed E-state index contributed by atoms with van der Waals surface area (Å²) in [6.07, 6.45) is 3.37. The topological polar surface area (TPSA) is 133 Å². The Bertz CT molecular complexity index is 620. The number of aliphatic hydroxyl groups excluding tert-OH is 1. The summed E-state index contributed by atoms with van der Waals surface area (Å²) in [5, 5.41) is 29.0. The van der Waals surface area contributed by atoms with Gasteiger partial charge in [0.1, 0.15) is 6.20 Å². The van der Waals surface area contributed by atoms with Crippen LogP contribution in [0, 0.1) is 10.1 Å². The van der Waals surface area contributed by atoms with Gasteiger partial charge in [0, 0.05) is 18.0 Å². The van der Waals surface area contributed by atoms with Gasteiger partial charge in [-0.2, -0.15) is 5.10 Å². The average Bonchev–Trinajstić information content (AvgIpc) is 3.26. The van der Waals surface area contributed by atoms with E-state index in [-0.39, 0.29) is 11.7 Å². The SMILES string of the molecule is [N-]=[N+]=NC1CCN(c2c([N+](=O)[O-])cnn2C2CC2)CCC1O. The number of aromatic nitrogens is 2. The number of aliphatic hydroxyl groups is 1. The molecule has 3 rings (SSSR count). The fraction of sp³-hybridized carbons (Fsp3) is 0.750. The van der Waals surface area contributed by atoms with Crippen molar-refractivity contribution in [1.82, 2.24) is 9.78 Å².